The molecule has 1 aromatic heterocycles. The summed E-state index contributed by atoms with van der Waals surface area (Å²) in [6, 6.07) is 0.339. The molecule has 1 aliphatic heterocycles. The maximum atomic E-state index is 12.4. The molecule has 96 valence electrons. The normalized spacial score (nSPS) is 26.1. The van der Waals surface area contributed by atoms with Crippen LogP contribution in [0.25, 0.3) is 0 Å². The van der Waals surface area contributed by atoms with Gasteiger partial charge in [-0.1, -0.05) is 0 Å². The van der Waals surface area contributed by atoms with E-state index in [1.165, 1.54) is 17.1 Å². The van der Waals surface area contributed by atoms with Gasteiger partial charge in [-0.25, -0.2) is 4.98 Å². The van der Waals surface area contributed by atoms with E-state index in [2.05, 4.69) is 17.2 Å². The van der Waals surface area contributed by atoms with Crippen molar-refractivity contribution in [3.8, 4) is 0 Å². The summed E-state index contributed by atoms with van der Waals surface area (Å²) in [6.45, 7) is 1.09. The van der Waals surface area contributed by atoms with Gasteiger partial charge < -0.3 is 9.88 Å². The molecular formula is C11H16F3N3. The van der Waals surface area contributed by atoms with Crippen LogP contribution >= 0.6 is 0 Å². The SMILES string of the molecule is CC1CCCC(c2cncn2CC(F)(F)F)N1. The Morgan fingerprint density at radius 1 is 1.47 bits per heavy atom. The zero-order valence-corrected chi connectivity index (χ0v) is 9.67. The molecule has 17 heavy (non-hydrogen) atoms. The zero-order chi connectivity index (χ0) is 12.5. The van der Waals surface area contributed by atoms with Gasteiger partial charge in [0.25, 0.3) is 0 Å². The second-order valence-electron chi connectivity index (χ2n) is 4.61. The largest absolute Gasteiger partial charge is 0.406 e. The number of alkyl halides is 3. The topological polar surface area (TPSA) is 29.9 Å². The van der Waals surface area contributed by atoms with Gasteiger partial charge in [0, 0.05) is 18.3 Å². The lowest BCUT2D eigenvalue weighted by molar-refractivity contribution is -0.141. The number of imidazole rings is 1. The minimum Gasteiger partial charge on any atom is -0.324 e. The van der Waals surface area contributed by atoms with Gasteiger partial charge >= 0.3 is 6.18 Å². The van der Waals surface area contributed by atoms with Crippen molar-refractivity contribution < 1.29 is 13.2 Å². The molecule has 0 spiro atoms. The first kappa shape index (κ1) is 12.4. The lowest BCUT2D eigenvalue weighted by Crippen LogP contribution is -2.36. The smallest absolute Gasteiger partial charge is 0.324 e. The highest BCUT2D eigenvalue weighted by molar-refractivity contribution is 5.07. The molecule has 1 fully saturated rings. The zero-order valence-electron chi connectivity index (χ0n) is 9.67. The Morgan fingerprint density at radius 3 is 2.88 bits per heavy atom. The third-order valence-corrected chi connectivity index (χ3v) is 3.07. The molecular weight excluding hydrogens is 231 g/mol. The molecule has 2 atom stereocenters. The number of hydrogen-bond donors (Lipinski definition) is 1. The van der Waals surface area contributed by atoms with Crippen molar-refractivity contribution in [3.63, 3.8) is 0 Å². The molecule has 0 aromatic carbocycles. The molecule has 2 rings (SSSR count). The predicted octanol–water partition coefficient (Wildman–Crippen LogP) is 2.65. The van der Waals surface area contributed by atoms with E-state index in [1.54, 1.807) is 0 Å². The van der Waals surface area contributed by atoms with Crippen molar-refractivity contribution in [1.29, 1.82) is 0 Å². The lowest BCUT2D eigenvalue weighted by atomic mass is 9.97. The van der Waals surface area contributed by atoms with Crippen LogP contribution in [0, 0.1) is 0 Å². The molecule has 2 unspecified atom stereocenters. The highest BCUT2D eigenvalue weighted by Crippen LogP contribution is 2.27. The third kappa shape index (κ3) is 3.21. The van der Waals surface area contributed by atoms with E-state index < -0.39 is 12.7 Å². The van der Waals surface area contributed by atoms with Crippen LogP contribution in [0.15, 0.2) is 12.5 Å². The summed E-state index contributed by atoms with van der Waals surface area (Å²) in [5.74, 6) is 0. The predicted molar refractivity (Wildman–Crippen MR) is 57.5 cm³/mol. The van der Waals surface area contributed by atoms with Crippen LogP contribution in [-0.2, 0) is 6.54 Å². The van der Waals surface area contributed by atoms with Crippen molar-refractivity contribution in [2.24, 2.45) is 0 Å². The minimum atomic E-state index is -4.20. The van der Waals surface area contributed by atoms with E-state index in [1.807, 2.05) is 0 Å². The van der Waals surface area contributed by atoms with E-state index in [9.17, 15) is 13.2 Å². The maximum absolute atomic E-state index is 12.4. The number of rotatable bonds is 2. The molecule has 0 amide bonds. The average Bonchev–Trinajstić information content (AvgIpc) is 2.63. The Kier molecular flexibility index (Phi) is 3.42. The summed E-state index contributed by atoms with van der Waals surface area (Å²) in [5.41, 5.74) is 0.633. The summed E-state index contributed by atoms with van der Waals surface area (Å²) >= 11 is 0. The summed E-state index contributed by atoms with van der Waals surface area (Å²) in [6.07, 6.45) is 1.56. The number of aromatic nitrogens is 2. The number of nitrogens with zero attached hydrogens (tertiary/aromatic N) is 2. The van der Waals surface area contributed by atoms with Crippen LogP contribution in [0.4, 0.5) is 13.2 Å². The molecule has 3 nitrogen and oxygen atoms in total. The highest BCUT2D eigenvalue weighted by Gasteiger charge is 2.30. The van der Waals surface area contributed by atoms with Gasteiger partial charge in [-0.15, -0.1) is 0 Å². The van der Waals surface area contributed by atoms with E-state index in [0.717, 1.165) is 19.3 Å². The number of piperidine rings is 1. The summed E-state index contributed by atoms with van der Waals surface area (Å²) < 4.78 is 38.3. The Labute approximate surface area is 98.0 Å². The fraction of sp³-hybridized carbons (Fsp3) is 0.727. The van der Waals surface area contributed by atoms with Crippen molar-refractivity contribution >= 4 is 0 Å². The molecule has 0 saturated carbocycles. The van der Waals surface area contributed by atoms with Gasteiger partial charge in [0.05, 0.1) is 12.0 Å². The van der Waals surface area contributed by atoms with Crippen LogP contribution in [0.2, 0.25) is 0 Å². The average molecular weight is 247 g/mol. The minimum absolute atomic E-state index is 0.0106. The number of halogens is 3. The van der Waals surface area contributed by atoms with Crippen molar-refractivity contribution in [2.45, 2.75) is 51.0 Å². The molecule has 0 radical (unpaired) electrons. The van der Waals surface area contributed by atoms with Gasteiger partial charge in [-0.05, 0) is 26.2 Å². The van der Waals surface area contributed by atoms with Crippen molar-refractivity contribution in [3.05, 3.63) is 18.2 Å². The molecule has 1 aliphatic rings. The first-order valence-electron chi connectivity index (χ1n) is 5.78. The maximum Gasteiger partial charge on any atom is 0.406 e. The third-order valence-electron chi connectivity index (χ3n) is 3.07. The number of hydrogen-bond acceptors (Lipinski definition) is 2. The molecule has 6 heteroatoms. The Hall–Kier alpha value is -1.04. The Bertz CT molecular complexity index is 372. The second-order valence-corrected chi connectivity index (χ2v) is 4.61. The molecule has 2 heterocycles. The van der Waals surface area contributed by atoms with Gasteiger partial charge in [0.2, 0.25) is 0 Å². The lowest BCUT2D eigenvalue weighted by Gasteiger charge is -2.29. The Morgan fingerprint density at radius 2 is 2.24 bits per heavy atom. The van der Waals surface area contributed by atoms with Crippen molar-refractivity contribution in [1.82, 2.24) is 14.9 Å². The van der Waals surface area contributed by atoms with E-state index in [4.69, 9.17) is 0 Å². The van der Waals surface area contributed by atoms with Gasteiger partial charge in [0.15, 0.2) is 0 Å². The first-order chi connectivity index (χ1) is 7.96. The van der Waals surface area contributed by atoms with Gasteiger partial charge in [0.1, 0.15) is 6.54 Å². The molecule has 1 saturated heterocycles. The fourth-order valence-corrected chi connectivity index (χ4v) is 2.32. The second kappa shape index (κ2) is 4.68. The standard InChI is InChI=1S/C11H16F3N3/c1-8-3-2-4-9(16-8)10-5-15-7-17(10)6-11(12,13)14/h5,7-9,16H,2-4,6H2,1H3. The first-order valence-corrected chi connectivity index (χ1v) is 5.78. The van der Waals surface area contributed by atoms with Crippen molar-refractivity contribution in [2.75, 3.05) is 0 Å². The number of nitrogens with one attached hydrogen (secondary N) is 1. The molecule has 1 N–H and O–H groups in total. The monoisotopic (exact) mass is 247 g/mol. The van der Waals surface area contributed by atoms with Gasteiger partial charge in [-0.3, -0.25) is 0 Å². The fourth-order valence-electron chi connectivity index (χ4n) is 2.32. The highest BCUT2D eigenvalue weighted by atomic mass is 19.4. The van der Waals surface area contributed by atoms with Crippen LogP contribution in [0.1, 0.15) is 37.9 Å². The van der Waals surface area contributed by atoms with E-state index in [0.29, 0.717) is 11.7 Å². The molecule has 0 aliphatic carbocycles. The molecule has 0 bridgehead atoms. The summed E-state index contributed by atoms with van der Waals surface area (Å²) in [7, 11) is 0. The quantitative estimate of drug-likeness (QED) is 0.870. The van der Waals surface area contributed by atoms with E-state index >= 15 is 0 Å². The molecule has 1 aromatic rings. The van der Waals surface area contributed by atoms with Crippen LogP contribution in [-0.4, -0.2) is 21.8 Å². The Balaban J connectivity index is 2.13. The summed E-state index contributed by atoms with van der Waals surface area (Å²) in [5, 5.41) is 3.32. The van der Waals surface area contributed by atoms with Crippen LogP contribution < -0.4 is 5.32 Å². The van der Waals surface area contributed by atoms with Crippen LogP contribution in [0.5, 0.6) is 0 Å². The van der Waals surface area contributed by atoms with Crippen LogP contribution in [0.3, 0.4) is 0 Å². The summed E-state index contributed by atoms with van der Waals surface area (Å²) in [4.78, 5) is 3.83. The van der Waals surface area contributed by atoms with Gasteiger partial charge in [-0.2, -0.15) is 13.2 Å². The van der Waals surface area contributed by atoms with E-state index in [-0.39, 0.29) is 6.04 Å².